The molecule has 0 aliphatic rings. The molecule has 2 aromatic heterocycles. The van der Waals surface area contributed by atoms with Crippen LogP contribution in [0.3, 0.4) is 0 Å². The van der Waals surface area contributed by atoms with Gasteiger partial charge >= 0.3 is 0 Å². The van der Waals surface area contributed by atoms with Crippen LogP contribution in [0.2, 0.25) is 0 Å². The predicted octanol–water partition coefficient (Wildman–Crippen LogP) is 5.41. The van der Waals surface area contributed by atoms with Gasteiger partial charge in [0.2, 0.25) is 0 Å². The van der Waals surface area contributed by atoms with Crippen LogP contribution in [0.15, 0.2) is 67.0 Å². The van der Waals surface area contributed by atoms with Crippen molar-refractivity contribution in [1.29, 1.82) is 0 Å². The van der Waals surface area contributed by atoms with Crippen LogP contribution in [0.4, 0.5) is 0 Å². The Hall–Kier alpha value is -1.65. The van der Waals surface area contributed by atoms with Crippen molar-refractivity contribution >= 4 is 78.0 Å². The minimum Gasteiger partial charge on any atom is -0.389 e. The summed E-state index contributed by atoms with van der Waals surface area (Å²) in [6, 6.07) is 21.0. The molecule has 0 fully saturated rings. The zero-order chi connectivity index (χ0) is 19.3. The number of rotatable bonds is 4. The maximum Gasteiger partial charge on any atom is 0.0959 e. The molecule has 2 heterocycles. The Bertz CT molecular complexity index is 1260. The van der Waals surface area contributed by atoms with E-state index < -0.39 is 6.10 Å². The Balaban J connectivity index is 1.55. The van der Waals surface area contributed by atoms with E-state index >= 15 is 0 Å². The lowest BCUT2D eigenvalue weighted by Crippen LogP contribution is -2.21. The molecule has 5 aromatic rings. The third-order valence-corrected chi connectivity index (χ3v) is 6.46. The fraction of sp³-hybridized carbons (Fsp3) is 0.136. The highest BCUT2D eigenvalue weighted by Gasteiger charge is 2.15. The Kier molecular flexibility index (Phi) is 4.80. The van der Waals surface area contributed by atoms with Crippen molar-refractivity contribution in [2.75, 3.05) is 0 Å². The van der Waals surface area contributed by atoms with Crippen molar-refractivity contribution in [2.24, 2.45) is 0 Å². The Morgan fingerprint density at radius 1 is 0.821 bits per heavy atom. The molecule has 4 nitrogen and oxygen atoms in total. The number of hydrogen-bond donors (Lipinski definition) is 1. The quantitative estimate of drug-likeness (QED) is 0.284. The number of halogens is 2. The molecule has 1 N–H and O–H groups in total. The molecule has 1 unspecified atom stereocenters. The minimum absolute atomic E-state index is 0.510. The van der Waals surface area contributed by atoms with Crippen LogP contribution in [0.25, 0.3) is 32.8 Å². The van der Waals surface area contributed by atoms with Crippen LogP contribution >= 0.6 is 45.2 Å². The van der Waals surface area contributed by atoms with E-state index in [0.717, 1.165) is 22.1 Å². The van der Waals surface area contributed by atoms with Crippen molar-refractivity contribution in [1.82, 2.24) is 14.1 Å². The van der Waals surface area contributed by atoms with Gasteiger partial charge in [-0.05, 0) is 93.7 Å². The van der Waals surface area contributed by atoms with E-state index in [1.165, 1.54) is 17.9 Å². The molecule has 28 heavy (non-hydrogen) atoms. The Morgan fingerprint density at radius 2 is 1.46 bits per heavy atom. The lowest BCUT2D eigenvalue weighted by molar-refractivity contribution is 0.138. The number of nitrogens with zero attached hydrogens (tertiary/aromatic N) is 3. The first-order valence-corrected chi connectivity index (χ1v) is 11.2. The molecule has 0 saturated carbocycles. The number of aromatic nitrogens is 3. The second kappa shape index (κ2) is 7.31. The maximum absolute atomic E-state index is 10.9. The van der Waals surface area contributed by atoms with Crippen molar-refractivity contribution < 1.29 is 5.11 Å². The van der Waals surface area contributed by atoms with Gasteiger partial charge in [0, 0.05) is 28.9 Å². The normalized spacial score (nSPS) is 13.0. The van der Waals surface area contributed by atoms with E-state index in [2.05, 4.69) is 91.1 Å². The molecule has 140 valence electrons. The van der Waals surface area contributed by atoms with Gasteiger partial charge in [-0.2, -0.15) is 0 Å². The van der Waals surface area contributed by atoms with Gasteiger partial charge in [-0.3, -0.25) is 0 Å². The first-order chi connectivity index (χ1) is 13.6. The topological polar surface area (TPSA) is 43.0 Å². The molecule has 5 rings (SSSR count). The van der Waals surface area contributed by atoms with Crippen LogP contribution in [-0.2, 0) is 13.1 Å². The Labute approximate surface area is 189 Å². The van der Waals surface area contributed by atoms with Gasteiger partial charge in [0.05, 0.1) is 36.6 Å². The summed E-state index contributed by atoms with van der Waals surface area (Å²) in [5, 5.41) is 13.4. The van der Waals surface area contributed by atoms with E-state index in [9.17, 15) is 5.11 Å². The number of hydrogen-bond acceptors (Lipinski definition) is 2. The molecule has 0 saturated heterocycles. The summed E-state index contributed by atoms with van der Waals surface area (Å²) in [6.45, 7) is 1.05. The number of aliphatic hydroxyl groups is 1. The van der Waals surface area contributed by atoms with Gasteiger partial charge in [-0.1, -0.05) is 12.1 Å². The van der Waals surface area contributed by atoms with Gasteiger partial charge in [0.15, 0.2) is 0 Å². The minimum atomic E-state index is -0.519. The van der Waals surface area contributed by atoms with Crippen molar-refractivity contribution in [3.63, 3.8) is 0 Å². The third-order valence-electron chi connectivity index (χ3n) is 5.12. The van der Waals surface area contributed by atoms with Crippen LogP contribution in [0.1, 0.15) is 0 Å². The van der Waals surface area contributed by atoms with Crippen molar-refractivity contribution in [2.45, 2.75) is 19.2 Å². The molecule has 3 aromatic carbocycles. The highest BCUT2D eigenvalue weighted by molar-refractivity contribution is 14.1. The van der Waals surface area contributed by atoms with E-state index in [-0.39, 0.29) is 0 Å². The van der Waals surface area contributed by atoms with Gasteiger partial charge in [0.1, 0.15) is 0 Å². The standard InChI is InChI=1S/C22H17I2N3O/c23-14-5-7-20-17(9-14)18-10-15(24)6-8-21(18)27(20)12-16(28)11-26-13-25-19-3-1-2-4-22(19)26/h1-10,13,16,28H,11-12H2. The molecule has 0 aliphatic heterocycles. The summed E-state index contributed by atoms with van der Waals surface area (Å²) in [7, 11) is 0. The first-order valence-electron chi connectivity index (χ1n) is 9.05. The number of fused-ring (bicyclic) bond motifs is 4. The van der Waals surface area contributed by atoms with Gasteiger partial charge in [0.25, 0.3) is 0 Å². The van der Waals surface area contributed by atoms with E-state index in [4.69, 9.17) is 0 Å². The van der Waals surface area contributed by atoms with Gasteiger partial charge in [-0.25, -0.2) is 4.98 Å². The summed E-state index contributed by atoms with van der Waals surface area (Å²) >= 11 is 4.71. The van der Waals surface area contributed by atoms with Gasteiger partial charge in [-0.15, -0.1) is 0 Å². The molecular weight excluding hydrogens is 576 g/mol. The van der Waals surface area contributed by atoms with Crippen molar-refractivity contribution in [3.8, 4) is 0 Å². The zero-order valence-electron chi connectivity index (χ0n) is 14.9. The number of benzene rings is 3. The van der Waals surface area contributed by atoms with Gasteiger partial charge < -0.3 is 14.2 Å². The molecule has 0 aliphatic carbocycles. The fourth-order valence-corrected chi connectivity index (χ4v) is 4.88. The highest BCUT2D eigenvalue weighted by atomic mass is 127. The first kappa shape index (κ1) is 18.4. The summed E-state index contributed by atoms with van der Waals surface area (Å²) < 4.78 is 6.70. The molecule has 1 atom stereocenters. The second-order valence-electron chi connectivity index (χ2n) is 6.97. The lowest BCUT2D eigenvalue weighted by atomic mass is 10.2. The largest absolute Gasteiger partial charge is 0.389 e. The number of para-hydroxylation sites is 2. The summed E-state index contributed by atoms with van der Waals surface area (Å²) in [6.07, 6.45) is 1.29. The average Bonchev–Trinajstić information content (AvgIpc) is 3.21. The molecule has 0 bridgehead atoms. The number of imidazole rings is 1. The second-order valence-corrected chi connectivity index (χ2v) is 9.46. The van der Waals surface area contributed by atoms with Crippen molar-refractivity contribution in [3.05, 3.63) is 74.1 Å². The molecule has 0 spiro atoms. The van der Waals surface area contributed by atoms with Crippen LogP contribution < -0.4 is 0 Å². The smallest absolute Gasteiger partial charge is 0.0959 e. The summed E-state index contributed by atoms with van der Waals surface area (Å²) in [5.41, 5.74) is 4.32. The maximum atomic E-state index is 10.9. The number of aliphatic hydroxyl groups excluding tert-OH is 1. The molecule has 0 amide bonds. The molecule has 0 radical (unpaired) electrons. The lowest BCUT2D eigenvalue weighted by Gasteiger charge is -2.15. The zero-order valence-corrected chi connectivity index (χ0v) is 19.2. The Morgan fingerprint density at radius 3 is 2.14 bits per heavy atom. The fourth-order valence-electron chi connectivity index (χ4n) is 3.90. The van der Waals surface area contributed by atoms with Crippen LogP contribution in [-0.4, -0.2) is 25.3 Å². The average molecular weight is 593 g/mol. The highest BCUT2D eigenvalue weighted by Crippen LogP contribution is 2.31. The van der Waals surface area contributed by atoms with E-state index in [0.29, 0.717) is 13.1 Å². The van der Waals surface area contributed by atoms with E-state index in [1.54, 1.807) is 0 Å². The SMILES string of the molecule is OC(Cn1cnc2ccccc21)Cn1c2ccc(I)cc2c2cc(I)ccc21. The summed E-state index contributed by atoms with van der Waals surface area (Å²) in [5.74, 6) is 0. The monoisotopic (exact) mass is 593 g/mol. The molecule has 6 heteroatoms. The molecular formula is C22H17I2N3O. The third kappa shape index (κ3) is 3.21. The predicted molar refractivity (Wildman–Crippen MR) is 131 cm³/mol. The van der Waals surface area contributed by atoms with E-state index in [1.807, 2.05) is 35.2 Å². The van der Waals surface area contributed by atoms with Crippen LogP contribution in [0.5, 0.6) is 0 Å². The van der Waals surface area contributed by atoms with Crippen LogP contribution in [0, 0.1) is 7.14 Å². The summed E-state index contributed by atoms with van der Waals surface area (Å²) in [4.78, 5) is 4.43.